The summed E-state index contributed by atoms with van der Waals surface area (Å²) >= 11 is 0. The highest BCUT2D eigenvalue weighted by Gasteiger charge is 2.18. The van der Waals surface area contributed by atoms with E-state index in [0.29, 0.717) is 5.82 Å². The van der Waals surface area contributed by atoms with E-state index in [1.807, 2.05) is 24.3 Å². The number of benzene rings is 2. The molecule has 0 bridgehead atoms. The van der Waals surface area contributed by atoms with Gasteiger partial charge in [0.15, 0.2) is 5.82 Å². The molecule has 0 aliphatic carbocycles. The zero-order valence-corrected chi connectivity index (χ0v) is 14.5. The number of anilines is 2. The van der Waals surface area contributed by atoms with Crippen LogP contribution in [0.3, 0.4) is 0 Å². The van der Waals surface area contributed by atoms with Crippen LogP contribution in [0.2, 0.25) is 0 Å². The quantitative estimate of drug-likeness (QED) is 0.638. The van der Waals surface area contributed by atoms with Gasteiger partial charge in [0, 0.05) is 38.4 Å². The van der Waals surface area contributed by atoms with E-state index in [9.17, 15) is 0 Å². The van der Waals surface area contributed by atoms with Crippen LogP contribution in [0, 0.1) is 0 Å². The SMILES string of the molecule is CN1CCN(Cc2ccc(-c3ccc(N)cc3)c3c(N)n[nH]c23)CC1. The van der Waals surface area contributed by atoms with Crippen LogP contribution in [0.25, 0.3) is 22.0 Å². The summed E-state index contributed by atoms with van der Waals surface area (Å²) in [6.07, 6.45) is 0. The van der Waals surface area contributed by atoms with Crippen LogP contribution >= 0.6 is 0 Å². The second-order valence-corrected chi connectivity index (χ2v) is 6.83. The lowest BCUT2D eigenvalue weighted by Gasteiger charge is -2.32. The van der Waals surface area contributed by atoms with Crippen LogP contribution in [-0.2, 0) is 6.54 Å². The van der Waals surface area contributed by atoms with Crippen LogP contribution in [0.15, 0.2) is 36.4 Å². The number of aromatic amines is 1. The van der Waals surface area contributed by atoms with E-state index in [-0.39, 0.29) is 0 Å². The maximum Gasteiger partial charge on any atom is 0.153 e. The normalized spacial score (nSPS) is 16.5. The lowest BCUT2D eigenvalue weighted by atomic mass is 9.98. The fraction of sp³-hybridized carbons (Fsp3) is 0.316. The molecular weight excluding hydrogens is 312 g/mol. The fourth-order valence-electron chi connectivity index (χ4n) is 3.49. The Kier molecular flexibility index (Phi) is 4.07. The molecule has 6 nitrogen and oxygen atoms in total. The zero-order chi connectivity index (χ0) is 17.4. The van der Waals surface area contributed by atoms with Gasteiger partial charge in [-0.3, -0.25) is 10.00 Å². The van der Waals surface area contributed by atoms with Gasteiger partial charge < -0.3 is 16.4 Å². The molecule has 2 aromatic carbocycles. The smallest absolute Gasteiger partial charge is 0.153 e. The minimum Gasteiger partial charge on any atom is -0.399 e. The molecule has 2 heterocycles. The maximum absolute atomic E-state index is 6.18. The van der Waals surface area contributed by atoms with Crippen molar-refractivity contribution in [2.75, 3.05) is 44.7 Å². The molecule has 1 aromatic heterocycles. The van der Waals surface area contributed by atoms with Gasteiger partial charge in [0.1, 0.15) is 0 Å². The molecule has 0 radical (unpaired) electrons. The summed E-state index contributed by atoms with van der Waals surface area (Å²) in [7, 11) is 2.17. The van der Waals surface area contributed by atoms with Crippen molar-refractivity contribution in [2.45, 2.75) is 6.54 Å². The molecule has 0 unspecified atom stereocenters. The third-order valence-electron chi connectivity index (χ3n) is 5.05. The number of rotatable bonds is 3. The van der Waals surface area contributed by atoms with Crippen molar-refractivity contribution in [3.63, 3.8) is 0 Å². The molecule has 0 atom stereocenters. The second-order valence-electron chi connectivity index (χ2n) is 6.83. The highest BCUT2D eigenvalue weighted by molar-refractivity contribution is 6.03. The van der Waals surface area contributed by atoms with Crippen molar-refractivity contribution in [1.29, 1.82) is 0 Å². The van der Waals surface area contributed by atoms with Gasteiger partial charge in [-0.15, -0.1) is 0 Å². The minimum atomic E-state index is 0.544. The number of nitrogens with one attached hydrogen (secondary N) is 1. The van der Waals surface area contributed by atoms with Gasteiger partial charge in [-0.05, 0) is 35.9 Å². The Morgan fingerprint density at radius 1 is 1.00 bits per heavy atom. The molecule has 6 heteroatoms. The molecule has 0 spiro atoms. The average Bonchev–Trinajstić information content (AvgIpc) is 3.01. The van der Waals surface area contributed by atoms with Gasteiger partial charge in [-0.25, -0.2) is 0 Å². The van der Waals surface area contributed by atoms with Gasteiger partial charge in [0.25, 0.3) is 0 Å². The first-order valence-electron chi connectivity index (χ1n) is 8.64. The summed E-state index contributed by atoms with van der Waals surface area (Å²) < 4.78 is 0. The van der Waals surface area contributed by atoms with Gasteiger partial charge in [0.05, 0.1) is 10.9 Å². The number of piperazine rings is 1. The van der Waals surface area contributed by atoms with Gasteiger partial charge in [-0.2, -0.15) is 5.10 Å². The Bertz CT molecular complexity index is 875. The summed E-state index contributed by atoms with van der Waals surface area (Å²) in [5, 5.41) is 8.40. The van der Waals surface area contributed by atoms with E-state index < -0.39 is 0 Å². The van der Waals surface area contributed by atoms with Crippen LogP contribution < -0.4 is 11.5 Å². The number of hydrogen-bond donors (Lipinski definition) is 3. The Balaban J connectivity index is 1.71. The van der Waals surface area contributed by atoms with E-state index in [4.69, 9.17) is 11.5 Å². The molecule has 3 aromatic rings. The molecule has 0 amide bonds. The fourth-order valence-corrected chi connectivity index (χ4v) is 3.49. The molecule has 1 fully saturated rings. The van der Waals surface area contributed by atoms with Gasteiger partial charge in [0.2, 0.25) is 0 Å². The minimum absolute atomic E-state index is 0.544. The predicted molar refractivity (Wildman–Crippen MR) is 103 cm³/mol. The molecule has 1 aliphatic heterocycles. The molecule has 1 aliphatic rings. The number of hydrogen-bond acceptors (Lipinski definition) is 5. The number of H-pyrrole nitrogens is 1. The van der Waals surface area contributed by atoms with Crippen LogP contribution in [-0.4, -0.2) is 53.2 Å². The predicted octanol–water partition coefficient (Wildman–Crippen LogP) is 2.14. The standard InChI is InChI=1S/C19H24N6/c1-24-8-10-25(11-9-24)12-14-4-7-16(13-2-5-15(20)6-3-13)17-18(14)22-23-19(17)21/h2-7H,8-12,20H2,1H3,(H3,21,22,23). The number of fused-ring (bicyclic) bond motifs is 1. The van der Waals surface area contributed by atoms with Gasteiger partial charge >= 0.3 is 0 Å². The molecule has 25 heavy (non-hydrogen) atoms. The highest BCUT2D eigenvalue weighted by Crippen LogP contribution is 2.34. The summed E-state index contributed by atoms with van der Waals surface area (Å²) in [5.41, 5.74) is 17.2. The molecular formula is C19H24N6. The number of likely N-dealkylation sites (N-methyl/N-ethyl adjacent to an activating group) is 1. The van der Waals surface area contributed by atoms with Crippen molar-refractivity contribution < 1.29 is 0 Å². The Labute approximate surface area is 147 Å². The monoisotopic (exact) mass is 336 g/mol. The number of nitrogens with two attached hydrogens (primary N) is 2. The molecule has 1 saturated heterocycles. The van der Waals surface area contributed by atoms with Crippen LogP contribution in [0.5, 0.6) is 0 Å². The van der Waals surface area contributed by atoms with Crippen molar-refractivity contribution in [3.8, 4) is 11.1 Å². The largest absolute Gasteiger partial charge is 0.399 e. The van der Waals surface area contributed by atoms with E-state index in [0.717, 1.165) is 60.4 Å². The first kappa shape index (κ1) is 15.9. The van der Waals surface area contributed by atoms with E-state index in [1.54, 1.807) is 0 Å². The van der Waals surface area contributed by atoms with Gasteiger partial charge in [-0.1, -0.05) is 24.3 Å². The van der Waals surface area contributed by atoms with Crippen LogP contribution in [0.4, 0.5) is 11.5 Å². The molecule has 0 saturated carbocycles. The van der Waals surface area contributed by atoms with Crippen molar-refractivity contribution in [3.05, 3.63) is 42.0 Å². The third kappa shape index (κ3) is 3.06. The van der Waals surface area contributed by atoms with Crippen LogP contribution in [0.1, 0.15) is 5.56 Å². The Morgan fingerprint density at radius 2 is 1.72 bits per heavy atom. The second kappa shape index (κ2) is 6.38. The first-order chi connectivity index (χ1) is 12.1. The summed E-state index contributed by atoms with van der Waals surface area (Å²) in [5.74, 6) is 0.544. The van der Waals surface area contributed by atoms with Crippen molar-refractivity contribution in [2.24, 2.45) is 0 Å². The summed E-state index contributed by atoms with van der Waals surface area (Å²) in [6, 6.07) is 12.2. The highest BCUT2D eigenvalue weighted by atomic mass is 15.2. The zero-order valence-electron chi connectivity index (χ0n) is 14.5. The number of nitrogens with zero attached hydrogens (tertiary/aromatic N) is 3. The van der Waals surface area contributed by atoms with E-state index >= 15 is 0 Å². The maximum atomic E-state index is 6.18. The topological polar surface area (TPSA) is 87.2 Å². The Hall–Kier alpha value is -2.57. The number of aromatic nitrogens is 2. The lowest BCUT2D eigenvalue weighted by Crippen LogP contribution is -2.43. The number of nitrogen functional groups attached to an aromatic ring is 2. The average molecular weight is 336 g/mol. The van der Waals surface area contributed by atoms with Crippen molar-refractivity contribution >= 4 is 22.4 Å². The molecule has 130 valence electrons. The Morgan fingerprint density at radius 3 is 2.44 bits per heavy atom. The van der Waals surface area contributed by atoms with E-state index in [1.165, 1.54) is 5.56 Å². The summed E-state index contributed by atoms with van der Waals surface area (Å²) in [6.45, 7) is 5.30. The third-order valence-corrected chi connectivity index (χ3v) is 5.05. The summed E-state index contributed by atoms with van der Waals surface area (Å²) in [4.78, 5) is 4.85. The molecule has 5 N–H and O–H groups in total. The lowest BCUT2D eigenvalue weighted by molar-refractivity contribution is 0.148. The van der Waals surface area contributed by atoms with Crippen molar-refractivity contribution in [1.82, 2.24) is 20.0 Å². The van der Waals surface area contributed by atoms with E-state index in [2.05, 4.69) is 39.2 Å². The molecule has 4 rings (SSSR count). The first-order valence-corrected chi connectivity index (χ1v) is 8.64.